The summed E-state index contributed by atoms with van der Waals surface area (Å²) in [5.74, 6) is -1.39. The fourth-order valence-electron chi connectivity index (χ4n) is 3.83. The summed E-state index contributed by atoms with van der Waals surface area (Å²) in [6, 6.07) is -1.31. The average Bonchev–Trinajstić information content (AvgIpc) is 3.29. The number of amides is 1. The van der Waals surface area contributed by atoms with Crippen molar-refractivity contribution in [3.8, 4) is 10.4 Å². The van der Waals surface area contributed by atoms with Crippen LogP contribution >= 0.6 is 11.3 Å². The first-order chi connectivity index (χ1) is 15.1. The van der Waals surface area contributed by atoms with E-state index in [1.807, 2.05) is 0 Å². The van der Waals surface area contributed by atoms with Crippen LogP contribution in [0.2, 0.25) is 0 Å². The Labute approximate surface area is 184 Å². The van der Waals surface area contributed by atoms with Crippen LogP contribution in [0.15, 0.2) is 18.5 Å². The highest BCUT2D eigenvalue weighted by atomic mass is 32.1. The van der Waals surface area contributed by atoms with Crippen molar-refractivity contribution in [3.05, 3.63) is 29.0 Å². The molecule has 0 radical (unpaired) electrons. The molecular weight excluding hydrogens is 455 g/mol. The largest absolute Gasteiger partial charge is 0.408 e. The molecule has 174 valence electrons. The van der Waals surface area contributed by atoms with Gasteiger partial charge < -0.3 is 15.7 Å². The molecule has 3 atom stereocenters. The molecule has 0 saturated heterocycles. The number of thiazole rings is 1. The molecule has 12 heteroatoms. The van der Waals surface area contributed by atoms with E-state index in [0.29, 0.717) is 25.7 Å². The first kappa shape index (κ1) is 22.8. The van der Waals surface area contributed by atoms with Crippen molar-refractivity contribution in [2.24, 2.45) is 5.92 Å². The normalized spacial score (nSPS) is 22.2. The third-order valence-corrected chi connectivity index (χ3v) is 6.71. The van der Waals surface area contributed by atoms with Gasteiger partial charge >= 0.3 is 6.18 Å². The first-order valence-corrected chi connectivity index (χ1v) is 11.0. The molecule has 0 bridgehead atoms. The van der Waals surface area contributed by atoms with Gasteiger partial charge in [0.1, 0.15) is 11.9 Å². The fraction of sp³-hybridized carbons (Fsp3) is 0.550. The highest BCUT2D eigenvalue weighted by Gasteiger charge is 2.49. The highest BCUT2D eigenvalue weighted by molar-refractivity contribution is 7.17. The molecule has 2 aliphatic rings. The molecule has 2 aromatic heterocycles. The summed E-state index contributed by atoms with van der Waals surface area (Å²) in [5.41, 5.74) is -0.501. The van der Waals surface area contributed by atoms with Crippen molar-refractivity contribution in [1.29, 1.82) is 0 Å². The molecule has 2 saturated carbocycles. The minimum atomic E-state index is -4.51. The van der Waals surface area contributed by atoms with Crippen LogP contribution in [0.3, 0.4) is 0 Å². The first-order valence-electron chi connectivity index (χ1n) is 10.2. The molecule has 3 N–H and O–H groups in total. The summed E-state index contributed by atoms with van der Waals surface area (Å²) in [6.45, 7) is 0. The number of nitrogens with one attached hydrogen (secondary N) is 2. The summed E-state index contributed by atoms with van der Waals surface area (Å²) in [5, 5.41) is 14.8. The molecule has 0 unspecified atom stereocenters. The molecular formula is C20H21F5N4O2S. The van der Waals surface area contributed by atoms with Gasteiger partial charge in [0.05, 0.1) is 17.0 Å². The second-order valence-corrected chi connectivity index (χ2v) is 9.10. The van der Waals surface area contributed by atoms with Gasteiger partial charge in [-0.1, -0.05) is 0 Å². The predicted molar refractivity (Wildman–Crippen MR) is 108 cm³/mol. The topological polar surface area (TPSA) is 87.1 Å². The van der Waals surface area contributed by atoms with E-state index in [9.17, 15) is 31.9 Å². The number of aromatic nitrogens is 2. The number of hydrogen-bond acceptors (Lipinski definition) is 6. The van der Waals surface area contributed by atoms with Gasteiger partial charge in [-0.15, -0.1) is 11.3 Å². The minimum Gasteiger partial charge on any atom is -0.391 e. The van der Waals surface area contributed by atoms with Gasteiger partial charge in [-0.2, -0.15) is 13.2 Å². The number of anilines is 1. The van der Waals surface area contributed by atoms with Crippen molar-refractivity contribution < 1.29 is 31.9 Å². The number of rotatable bonds is 7. The number of hydrogen-bond donors (Lipinski definition) is 3. The van der Waals surface area contributed by atoms with Crippen molar-refractivity contribution >= 4 is 23.1 Å². The maximum Gasteiger partial charge on any atom is 0.408 e. The van der Waals surface area contributed by atoms with E-state index in [0.717, 1.165) is 30.0 Å². The molecule has 2 fully saturated rings. The standard InChI is InChI=1S/C20H21F5N4O2S/c21-17(22)10-6-15(29-16(9-4-5-9)20(23,24)25)26-7-11(10)14-8-27-19(32-14)18(31)28-12-2-1-3-13(12)30/h6-9,12-13,16-17,30H,1-5H2,(H,26,29)(H,28,31)/t12-,13-,16+/m1/s1. The molecule has 0 aromatic carbocycles. The average molecular weight is 476 g/mol. The zero-order valence-corrected chi connectivity index (χ0v) is 17.5. The van der Waals surface area contributed by atoms with E-state index >= 15 is 0 Å². The second kappa shape index (κ2) is 8.89. The van der Waals surface area contributed by atoms with Crippen LogP contribution in [0.5, 0.6) is 0 Å². The number of alkyl halides is 5. The Morgan fingerprint density at radius 1 is 1.16 bits per heavy atom. The second-order valence-electron chi connectivity index (χ2n) is 8.07. The van der Waals surface area contributed by atoms with Crippen LogP contribution < -0.4 is 10.6 Å². The summed E-state index contributed by atoms with van der Waals surface area (Å²) in [6.07, 6.45) is -2.94. The molecule has 6 nitrogen and oxygen atoms in total. The van der Waals surface area contributed by atoms with Crippen molar-refractivity contribution in [2.75, 3.05) is 5.32 Å². The van der Waals surface area contributed by atoms with E-state index < -0.39 is 42.1 Å². The molecule has 2 heterocycles. The molecule has 1 amide bonds. The SMILES string of the molecule is O=C(N[C@@H]1CCC[C@H]1O)c1ncc(-c2cnc(N[C@@H](C3CC3)C(F)(F)F)cc2C(F)F)s1. The highest BCUT2D eigenvalue weighted by Crippen LogP contribution is 2.42. The number of carbonyl (C=O) groups is 1. The number of aliphatic hydroxyl groups excluding tert-OH is 1. The van der Waals surface area contributed by atoms with Crippen LogP contribution in [0.1, 0.15) is 53.9 Å². The van der Waals surface area contributed by atoms with E-state index in [-0.39, 0.29) is 27.3 Å². The molecule has 2 aromatic rings. The van der Waals surface area contributed by atoms with Gasteiger partial charge in [-0.25, -0.2) is 18.7 Å². The van der Waals surface area contributed by atoms with Gasteiger partial charge in [0, 0.05) is 23.5 Å². The Morgan fingerprint density at radius 2 is 1.91 bits per heavy atom. The Hall–Kier alpha value is -2.34. The number of nitrogens with zero attached hydrogens (tertiary/aromatic N) is 2. The van der Waals surface area contributed by atoms with E-state index in [1.165, 1.54) is 6.20 Å². The summed E-state index contributed by atoms with van der Waals surface area (Å²) < 4.78 is 67.2. The molecule has 4 rings (SSSR count). The molecule has 0 spiro atoms. The lowest BCUT2D eigenvalue weighted by atomic mass is 10.1. The Balaban J connectivity index is 1.54. The quantitative estimate of drug-likeness (QED) is 0.511. The van der Waals surface area contributed by atoms with Crippen molar-refractivity contribution in [1.82, 2.24) is 15.3 Å². The minimum absolute atomic E-state index is 0.00187. The summed E-state index contributed by atoms with van der Waals surface area (Å²) in [4.78, 5) is 20.5. The zero-order chi connectivity index (χ0) is 23.0. The Bertz CT molecular complexity index is 979. The maximum atomic E-state index is 13.7. The van der Waals surface area contributed by atoms with Crippen LogP contribution in [-0.4, -0.2) is 45.3 Å². The van der Waals surface area contributed by atoms with E-state index in [4.69, 9.17) is 0 Å². The van der Waals surface area contributed by atoms with Crippen LogP contribution in [0.4, 0.5) is 27.8 Å². The number of pyridine rings is 1. The van der Waals surface area contributed by atoms with Crippen LogP contribution in [0.25, 0.3) is 10.4 Å². The molecule has 32 heavy (non-hydrogen) atoms. The van der Waals surface area contributed by atoms with Crippen LogP contribution in [-0.2, 0) is 0 Å². The third kappa shape index (κ3) is 5.01. The predicted octanol–water partition coefficient (Wildman–Crippen LogP) is 4.54. The van der Waals surface area contributed by atoms with Crippen LogP contribution in [0, 0.1) is 5.92 Å². The third-order valence-electron chi connectivity index (χ3n) is 5.68. The van der Waals surface area contributed by atoms with Gasteiger partial charge in [-0.3, -0.25) is 4.79 Å². The van der Waals surface area contributed by atoms with Gasteiger partial charge in [0.2, 0.25) is 0 Å². The summed E-state index contributed by atoms with van der Waals surface area (Å²) in [7, 11) is 0. The monoisotopic (exact) mass is 476 g/mol. The number of aliphatic hydroxyl groups is 1. The Kier molecular flexibility index (Phi) is 6.35. The lowest BCUT2D eigenvalue weighted by molar-refractivity contribution is -0.146. The number of halogens is 5. The smallest absolute Gasteiger partial charge is 0.391 e. The molecule has 2 aliphatic carbocycles. The lowest BCUT2D eigenvalue weighted by Crippen LogP contribution is -2.39. The Morgan fingerprint density at radius 3 is 2.50 bits per heavy atom. The zero-order valence-electron chi connectivity index (χ0n) is 16.7. The van der Waals surface area contributed by atoms with Crippen molar-refractivity contribution in [3.63, 3.8) is 0 Å². The van der Waals surface area contributed by atoms with Crippen molar-refractivity contribution in [2.45, 2.75) is 62.9 Å². The van der Waals surface area contributed by atoms with E-state index in [2.05, 4.69) is 20.6 Å². The van der Waals surface area contributed by atoms with Gasteiger partial charge in [0.25, 0.3) is 12.3 Å². The lowest BCUT2D eigenvalue weighted by Gasteiger charge is -2.22. The maximum absolute atomic E-state index is 13.7. The fourth-order valence-corrected chi connectivity index (χ4v) is 4.69. The number of carbonyl (C=O) groups excluding carboxylic acids is 1. The van der Waals surface area contributed by atoms with Gasteiger partial charge in [0.15, 0.2) is 5.01 Å². The summed E-state index contributed by atoms with van der Waals surface area (Å²) >= 11 is 0.871. The molecule has 0 aliphatic heterocycles. The van der Waals surface area contributed by atoms with Gasteiger partial charge in [-0.05, 0) is 44.1 Å². The van der Waals surface area contributed by atoms with E-state index in [1.54, 1.807) is 0 Å².